The van der Waals surface area contributed by atoms with Crippen LogP contribution in [0.2, 0.25) is 0 Å². The van der Waals surface area contributed by atoms with E-state index in [1.165, 1.54) is 152 Å². The molecule has 0 spiro atoms. The van der Waals surface area contributed by atoms with Gasteiger partial charge < -0.3 is 9.13 Å². The third kappa shape index (κ3) is 11.2. The zero-order chi connectivity index (χ0) is 81.8. The number of nitrogens with zero attached hydrogens (tertiary/aromatic N) is 8. The predicted octanol–water partition coefficient (Wildman–Crippen LogP) is 30.3. The highest BCUT2D eigenvalue weighted by Crippen LogP contribution is 2.53. The van der Waals surface area contributed by atoms with E-state index in [0.717, 1.165) is 77.8 Å². The summed E-state index contributed by atoms with van der Waals surface area (Å²) >= 11 is 1.87. The number of hydrogen-bond acceptors (Lipinski definition) is 5. The Morgan fingerprint density at radius 2 is 0.581 bits per heavy atom. The fourth-order valence-electron chi connectivity index (χ4n) is 20.0. The molecule has 0 radical (unpaired) electrons. The van der Waals surface area contributed by atoms with Crippen molar-refractivity contribution in [3.63, 3.8) is 0 Å². The first kappa shape index (κ1) is 71.0. The fraction of sp³-hybridized carbons (Fsp3) is 0.0261. The largest absolute Gasteiger partial charge is 0.309 e. The van der Waals surface area contributed by atoms with Crippen LogP contribution in [0.4, 0.5) is 0 Å². The third-order valence-electron chi connectivity index (χ3n) is 25.9. The van der Waals surface area contributed by atoms with Gasteiger partial charge in [0.05, 0.1) is 66.6 Å². The van der Waals surface area contributed by atoms with E-state index in [9.17, 15) is 0 Å². The Morgan fingerprint density at radius 3 is 1.10 bits per heavy atom. The molecule has 1 aliphatic rings. The number of para-hydroxylation sites is 6. The van der Waals surface area contributed by atoms with Gasteiger partial charge in [0.2, 0.25) is 11.9 Å². The van der Waals surface area contributed by atoms with Crippen molar-refractivity contribution in [3.05, 3.63) is 424 Å². The van der Waals surface area contributed by atoms with Gasteiger partial charge in [0.1, 0.15) is 0 Å². The molecule has 124 heavy (non-hydrogen) atoms. The average Bonchev–Trinajstić information content (AvgIpc) is 1.54. The van der Waals surface area contributed by atoms with E-state index in [0.29, 0.717) is 11.9 Å². The van der Waals surface area contributed by atoms with Gasteiger partial charge in [-0.05, 0) is 188 Å². The first-order valence-electron chi connectivity index (χ1n) is 42.4. The molecule has 0 amide bonds. The molecule has 0 unspecified atom stereocenters. The second kappa shape index (κ2) is 28.1. The number of aromatic nitrogens is 8. The average molecular weight is 1600 g/mol. The Morgan fingerprint density at radius 1 is 0.218 bits per heavy atom. The van der Waals surface area contributed by atoms with Gasteiger partial charge in [0, 0.05) is 102 Å². The molecule has 25 aromatic rings. The lowest BCUT2D eigenvalue weighted by atomic mass is 9.82. The van der Waals surface area contributed by atoms with Gasteiger partial charge in [-0.2, -0.15) is 0 Å². The zero-order valence-electron chi connectivity index (χ0n) is 67.7. The first-order valence-corrected chi connectivity index (χ1v) is 43.2. The maximum Gasteiger partial charge on any atom is 0.235 e. The van der Waals surface area contributed by atoms with E-state index >= 15 is 0 Å². The van der Waals surface area contributed by atoms with Gasteiger partial charge in [0.25, 0.3) is 0 Å². The van der Waals surface area contributed by atoms with E-state index in [1.807, 2.05) is 11.3 Å². The molecule has 8 nitrogen and oxygen atoms in total. The van der Waals surface area contributed by atoms with Crippen molar-refractivity contribution < 1.29 is 0 Å². The van der Waals surface area contributed by atoms with Crippen LogP contribution in [0.25, 0.3) is 231 Å². The summed E-state index contributed by atoms with van der Waals surface area (Å²) in [6, 6.07) is 149. The smallest absolute Gasteiger partial charge is 0.235 e. The van der Waals surface area contributed by atoms with Crippen molar-refractivity contribution in [2.45, 2.75) is 19.3 Å². The van der Waals surface area contributed by atoms with Crippen molar-refractivity contribution in [2.75, 3.05) is 0 Å². The van der Waals surface area contributed by atoms with E-state index < -0.39 is 0 Å². The Labute approximate surface area is 718 Å². The van der Waals surface area contributed by atoms with Crippen LogP contribution < -0.4 is 0 Å². The van der Waals surface area contributed by atoms with Crippen molar-refractivity contribution in [3.8, 4) is 101 Å². The van der Waals surface area contributed by atoms with Crippen LogP contribution in [0.5, 0.6) is 0 Å². The summed E-state index contributed by atoms with van der Waals surface area (Å²) in [6.07, 6.45) is 0. The third-order valence-corrected chi connectivity index (χ3v) is 27.1. The molecule has 0 aliphatic heterocycles. The van der Waals surface area contributed by atoms with Gasteiger partial charge in [-0.25, -0.2) is 19.9 Å². The van der Waals surface area contributed by atoms with Crippen LogP contribution in [0.15, 0.2) is 413 Å². The monoisotopic (exact) mass is 1600 g/mol. The Bertz CT molecular complexity index is 8670. The number of rotatable bonds is 10. The minimum Gasteiger partial charge on any atom is -0.309 e. The van der Waals surface area contributed by atoms with E-state index in [4.69, 9.17) is 19.9 Å². The van der Waals surface area contributed by atoms with Crippen molar-refractivity contribution >= 4 is 141 Å². The molecule has 1 aliphatic carbocycles. The van der Waals surface area contributed by atoms with Crippen LogP contribution in [0, 0.1) is 0 Å². The predicted molar refractivity (Wildman–Crippen MR) is 520 cm³/mol. The van der Waals surface area contributed by atoms with E-state index in [1.54, 1.807) is 0 Å². The first-order chi connectivity index (χ1) is 61.2. The van der Waals surface area contributed by atoms with Crippen LogP contribution in [-0.2, 0) is 5.41 Å². The summed E-state index contributed by atoms with van der Waals surface area (Å²) in [7, 11) is 0. The van der Waals surface area contributed by atoms with Gasteiger partial charge in [0.15, 0.2) is 0 Å². The van der Waals surface area contributed by atoms with Crippen LogP contribution in [0.1, 0.15) is 25.0 Å². The van der Waals surface area contributed by atoms with Gasteiger partial charge in [-0.15, -0.1) is 11.3 Å². The van der Waals surface area contributed by atoms with E-state index in [-0.39, 0.29) is 5.41 Å². The van der Waals surface area contributed by atoms with Crippen molar-refractivity contribution in [2.24, 2.45) is 0 Å². The SMILES string of the molecule is CC1(C)c2ccccc2-c2cc3c(cc21)c1cc(-c2ccc4c(c2)c2ccccc2n4-c2ccccc2)ccc1n3-c1nc(-c2ccc(-c3ccccc3)cc2)c2ccccc2n1.c1ccc(-c2ccc(-c3nc(-n4c5ccc(-c6ccc7c(c6)c6ccccc6n7-c6ccccc6)cc5c5c6sc7ccccc7c6ccc54)nc4ccccc34)cc2)cc1. The highest BCUT2D eigenvalue weighted by Gasteiger charge is 2.37. The molecule has 9 heteroatoms. The normalized spacial score (nSPS) is 12.5. The van der Waals surface area contributed by atoms with Gasteiger partial charge >= 0.3 is 0 Å². The maximum absolute atomic E-state index is 5.50. The van der Waals surface area contributed by atoms with Crippen molar-refractivity contribution in [1.29, 1.82) is 0 Å². The molecule has 0 fully saturated rings. The molecule has 0 atom stereocenters. The second-order valence-corrected chi connectivity index (χ2v) is 34.2. The lowest BCUT2D eigenvalue weighted by molar-refractivity contribution is 0.661. The highest BCUT2D eigenvalue weighted by atomic mass is 32.1. The summed E-state index contributed by atoms with van der Waals surface area (Å²) in [5, 5.41) is 14.3. The maximum atomic E-state index is 5.50. The fourth-order valence-corrected chi connectivity index (χ4v) is 21.2. The summed E-state index contributed by atoms with van der Waals surface area (Å²) in [5.41, 5.74) is 31.7. The quantitative estimate of drug-likeness (QED) is 0.137. The Hall–Kier alpha value is -15.9. The molecule has 0 bridgehead atoms. The Balaban J connectivity index is 0.000000136. The summed E-state index contributed by atoms with van der Waals surface area (Å²) in [5.74, 6) is 1.31. The number of benzene rings is 18. The number of thiophene rings is 1. The summed E-state index contributed by atoms with van der Waals surface area (Å²) in [6.45, 7) is 4.72. The van der Waals surface area contributed by atoms with Crippen LogP contribution in [0.3, 0.4) is 0 Å². The van der Waals surface area contributed by atoms with E-state index in [2.05, 4.69) is 445 Å². The molecule has 7 aromatic heterocycles. The van der Waals surface area contributed by atoms with Crippen LogP contribution >= 0.6 is 11.3 Å². The molecule has 0 saturated heterocycles. The minimum absolute atomic E-state index is 0.150. The molecule has 18 aromatic carbocycles. The molecule has 0 saturated carbocycles. The Kier molecular flexibility index (Phi) is 16.1. The minimum atomic E-state index is -0.150. The topological polar surface area (TPSA) is 71.3 Å². The molecular formula is C115H74N8S. The number of hydrogen-bond donors (Lipinski definition) is 0. The van der Waals surface area contributed by atoms with Gasteiger partial charge in [-0.3, -0.25) is 9.13 Å². The molecule has 580 valence electrons. The summed E-state index contributed by atoms with van der Waals surface area (Å²) < 4.78 is 11.9. The number of fused-ring (bicyclic) bond motifs is 21. The second-order valence-electron chi connectivity index (χ2n) is 33.2. The molecular weight excluding hydrogens is 1530 g/mol. The van der Waals surface area contributed by atoms with Gasteiger partial charge in [-0.1, -0.05) is 305 Å². The van der Waals surface area contributed by atoms with Crippen LogP contribution in [-0.4, -0.2) is 38.2 Å². The standard InChI is InChI=1S/C59H40N4.C56H34N4S/c1-59(2)50-22-12-9-19-43(50)46-36-56-49(35-51(46)59)48-34-41(40-29-31-54-47(33-40)44-20-11-14-24-53(44)62(54)42-17-7-4-8-18-42)30-32-55(48)63(56)58-60-52-23-13-10-21-45(52)57(61-58)39-27-25-38(26-28-39)37-15-5-3-6-16-37;1-3-13-35(14-4-1)36-23-25-37(26-24-36)54-44-19-7-10-20-47(44)57-56(58-54)60-50-31-28-39(34-46(50)53-51(60)32-29-43-42-18-9-12-22-52(42)61-55(43)53)38-27-30-49-45(33-38)41-17-8-11-21-48(41)59(49)40-15-5-2-6-16-40/h3-36H,1-2H3;1-34H. The highest BCUT2D eigenvalue weighted by molar-refractivity contribution is 7.26. The zero-order valence-corrected chi connectivity index (χ0v) is 68.6. The summed E-state index contributed by atoms with van der Waals surface area (Å²) in [4.78, 5) is 21.6. The van der Waals surface area contributed by atoms with Crippen molar-refractivity contribution in [1.82, 2.24) is 38.2 Å². The lowest BCUT2D eigenvalue weighted by Crippen LogP contribution is -2.14. The molecule has 7 heterocycles. The molecule has 0 N–H and O–H groups in total. The molecule has 26 rings (SSSR count). The lowest BCUT2D eigenvalue weighted by Gasteiger charge is -2.21.